The number of ether oxygens (including phenoxy) is 1. The molecule has 0 unspecified atom stereocenters. The zero-order chi connectivity index (χ0) is 18.1. The van der Waals surface area contributed by atoms with Crippen molar-refractivity contribution in [3.05, 3.63) is 39.9 Å². The van der Waals surface area contributed by atoms with Crippen LogP contribution in [0.5, 0.6) is 0 Å². The van der Waals surface area contributed by atoms with Crippen molar-refractivity contribution >= 4 is 23.5 Å². The molecule has 1 atom stereocenters. The number of nitrogens with zero attached hydrogens (tertiary/aromatic N) is 1. The fourth-order valence-corrected chi connectivity index (χ4v) is 1.68. The van der Waals surface area contributed by atoms with E-state index in [1.165, 1.54) is 19.1 Å². The Morgan fingerprint density at radius 2 is 1.88 bits per heavy atom. The van der Waals surface area contributed by atoms with Crippen LogP contribution in [0.25, 0.3) is 0 Å². The van der Waals surface area contributed by atoms with Crippen LogP contribution in [0, 0.1) is 10.1 Å². The molecule has 1 aromatic carbocycles. The molecule has 9 heteroatoms. The van der Waals surface area contributed by atoms with Gasteiger partial charge in [0.25, 0.3) is 11.6 Å². The zero-order valence-corrected chi connectivity index (χ0v) is 13.4. The number of carbonyl (C=O) groups is 3. The molecule has 0 saturated heterocycles. The van der Waals surface area contributed by atoms with Gasteiger partial charge in [0.05, 0.1) is 10.5 Å². The minimum Gasteiger partial charge on any atom is -0.452 e. The monoisotopic (exact) mass is 337 g/mol. The van der Waals surface area contributed by atoms with E-state index in [4.69, 9.17) is 4.74 Å². The van der Waals surface area contributed by atoms with Crippen LogP contribution in [0.3, 0.4) is 0 Å². The van der Waals surface area contributed by atoms with Gasteiger partial charge < -0.3 is 15.4 Å². The highest BCUT2D eigenvalue weighted by Gasteiger charge is 2.17. The first-order valence-electron chi connectivity index (χ1n) is 7.33. The number of nitro benzene ring substituents is 1. The van der Waals surface area contributed by atoms with Crippen molar-refractivity contribution in [3.8, 4) is 0 Å². The number of amides is 2. The second-order valence-electron chi connectivity index (χ2n) is 4.96. The lowest BCUT2D eigenvalue weighted by atomic mass is 10.2. The van der Waals surface area contributed by atoms with Gasteiger partial charge >= 0.3 is 5.97 Å². The maximum atomic E-state index is 11.7. The Morgan fingerprint density at radius 3 is 2.42 bits per heavy atom. The first-order valence-corrected chi connectivity index (χ1v) is 7.33. The summed E-state index contributed by atoms with van der Waals surface area (Å²) >= 11 is 0. The summed E-state index contributed by atoms with van der Waals surface area (Å²) < 4.78 is 4.80. The molecular weight excluding hydrogens is 318 g/mol. The highest BCUT2D eigenvalue weighted by atomic mass is 16.6. The second kappa shape index (κ2) is 9.23. The molecule has 0 aliphatic heterocycles. The molecule has 24 heavy (non-hydrogen) atoms. The fourth-order valence-electron chi connectivity index (χ4n) is 1.68. The molecule has 0 radical (unpaired) electrons. The van der Waals surface area contributed by atoms with Gasteiger partial charge in [0.15, 0.2) is 6.61 Å². The van der Waals surface area contributed by atoms with Gasteiger partial charge in [-0.3, -0.25) is 19.7 Å². The lowest BCUT2D eigenvalue weighted by Gasteiger charge is -2.13. The highest BCUT2D eigenvalue weighted by molar-refractivity contribution is 5.92. The molecule has 0 fully saturated rings. The normalized spacial score (nSPS) is 11.2. The molecule has 0 aromatic heterocycles. The molecule has 1 rings (SSSR count). The summed E-state index contributed by atoms with van der Waals surface area (Å²) in [4.78, 5) is 44.9. The van der Waals surface area contributed by atoms with Gasteiger partial charge in [0, 0.05) is 18.7 Å². The SMILES string of the molecule is CCCNC(=O)[C@H](C)NC(=O)COC(=O)c1ccc([N+](=O)[O-])cc1. The van der Waals surface area contributed by atoms with Crippen molar-refractivity contribution in [3.63, 3.8) is 0 Å². The van der Waals surface area contributed by atoms with Gasteiger partial charge in [-0.25, -0.2) is 4.79 Å². The van der Waals surface area contributed by atoms with E-state index in [2.05, 4.69) is 10.6 Å². The lowest BCUT2D eigenvalue weighted by Crippen LogP contribution is -2.46. The predicted octanol–water partition coefficient (Wildman–Crippen LogP) is 0.782. The van der Waals surface area contributed by atoms with Gasteiger partial charge in [-0.1, -0.05) is 6.92 Å². The van der Waals surface area contributed by atoms with Crippen molar-refractivity contribution in [1.82, 2.24) is 10.6 Å². The van der Waals surface area contributed by atoms with E-state index in [9.17, 15) is 24.5 Å². The largest absolute Gasteiger partial charge is 0.452 e. The third-order valence-electron chi connectivity index (χ3n) is 2.97. The minimum absolute atomic E-state index is 0.0853. The summed E-state index contributed by atoms with van der Waals surface area (Å²) in [5.41, 5.74) is -0.0710. The van der Waals surface area contributed by atoms with Crippen LogP contribution in [0.4, 0.5) is 5.69 Å². The van der Waals surface area contributed by atoms with Crippen LogP contribution in [0.2, 0.25) is 0 Å². The number of carbonyl (C=O) groups excluding carboxylic acids is 3. The maximum absolute atomic E-state index is 11.7. The Balaban J connectivity index is 2.44. The molecule has 9 nitrogen and oxygen atoms in total. The average molecular weight is 337 g/mol. The Kier molecular flexibility index (Phi) is 7.34. The van der Waals surface area contributed by atoms with E-state index in [0.717, 1.165) is 18.6 Å². The average Bonchev–Trinajstić information content (AvgIpc) is 2.57. The van der Waals surface area contributed by atoms with E-state index >= 15 is 0 Å². The smallest absolute Gasteiger partial charge is 0.338 e. The predicted molar refractivity (Wildman–Crippen MR) is 84.3 cm³/mol. The number of rotatable bonds is 8. The summed E-state index contributed by atoms with van der Waals surface area (Å²) in [6.45, 7) is 3.37. The number of nitrogens with one attached hydrogen (secondary N) is 2. The maximum Gasteiger partial charge on any atom is 0.338 e. The molecule has 0 aliphatic carbocycles. The van der Waals surface area contributed by atoms with E-state index in [0.29, 0.717) is 6.54 Å². The van der Waals surface area contributed by atoms with Crippen LogP contribution in [0.15, 0.2) is 24.3 Å². The molecule has 0 saturated carbocycles. The summed E-state index contributed by atoms with van der Waals surface area (Å²) in [5.74, 6) is -1.74. The van der Waals surface area contributed by atoms with Crippen LogP contribution in [-0.2, 0) is 14.3 Å². The van der Waals surface area contributed by atoms with E-state index in [1.54, 1.807) is 0 Å². The lowest BCUT2D eigenvalue weighted by molar-refractivity contribution is -0.384. The minimum atomic E-state index is -0.789. The van der Waals surface area contributed by atoms with Gasteiger partial charge in [0.1, 0.15) is 6.04 Å². The van der Waals surface area contributed by atoms with Crippen molar-refractivity contribution in [2.45, 2.75) is 26.3 Å². The Bertz CT molecular complexity index is 614. The molecule has 0 bridgehead atoms. The molecule has 130 valence electrons. The Labute approximate surface area is 138 Å². The number of hydrogen-bond donors (Lipinski definition) is 2. The summed E-state index contributed by atoms with van der Waals surface area (Å²) in [7, 11) is 0. The van der Waals surface area contributed by atoms with Crippen LogP contribution in [0.1, 0.15) is 30.6 Å². The zero-order valence-electron chi connectivity index (χ0n) is 13.4. The number of benzene rings is 1. The summed E-state index contributed by atoms with van der Waals surface area (Å²) in [6.07, 6.45) is 0.777. The number of esters is 1. The first kappa shape index (κ1) is 19.1. The van der Waals surface area contributed by atoms with Gasteiger partial charge in [-0.2, -0.15) is 0 Å². The Hall–Kier alpha value is -2.97. The van der Waals surface area contributed by atoms with Crippen LogP contribution >= 0.6 is 0 Å². The molecular formula is C15H19N3O6. The van der Waals surface area contributed by atoms with Crippen molar-refractivity contribution in [2.75, 3.05) is 13.2 Å². The van der Waals surface area contributed by atoms with Crippen molar-refractivity contribution in [2.24, 2.45) is 0 Å². The van der Waals surface area contributed by atoms with Crippen LogP contribution < -0.4 is 10.6 Å². The topological polar surface area (TPSA) is 128 Å². The quantitative estimate of drug-likeness (QED) is 0.410. The second-order valence-corrected chi connectivity index (χ2v) is 4.96. The summed E-state index contributed by atoms with van der Waals surface area (Å²) in [5, 5.41) is 15.6. The highest BCUT2D eigenvalue weighted by Crippen LogP contribution is 2.12. The fraction of sp³-hybridized carbons (Fsp3) is 0.400. The van der Waals surface area contributed by atoms with E-state index in [1.807, 2.05) is 6.92 Å². The van der Waals surface area contributed by atoms with Gasteiger partial charge in [-0.05, 0) is 25.5 Å². The molecule has 0 aliphatic rings. The van der Waals surface area contributed by atoms with E-state index < -0.39 is 29.4 Å². The molecule has 2 amide bonds. The van der Waals surface area contributed by atoms with Crippen molar-refractivity contribution in [1.29, 1.82) is 0 Å². The molecule has 0 spiro atoms. The molecule has 0 heterocycles. The third-order valence-corrected chi connectivity index (χ3v) is 2.97. The van der Waals surface area contributed by atoms with Crippen molar-refractivity contribution < 1.29 is 24.0 Å². The standard InChI is InChI=1S/C15H19N3O6/c1-3-8-16-14(20)10(2)17-13(19)9-24-15(21)11-4-6-12(7-5-11)18(22)23/h4-7,10H,3,8-9H2,1-2H3,(H,16,20)(H,17,19)/t10-/m0/s1. The third kappa shape index (κ3) is 6.03. The summed E-state index contributed by atoms with van der Waals surface area (Å²) in [6, 6.07) is 4.05. The van der Waals surface area contributed by atoms with Gasteiger partial charge in [0.2, 0.25) is 5.91 Å². The molecule has 2 N–H and O–H groups in total. The van der Waals surface area contributed by atoms with E-state index in [-0.39, 0.29) is 17.2 Å². The number of non-ortho nitro benzene ring substituents is 1. The first-order chi connectivity index (χ1) is 11.3. The number of nitro groups is 1. The number of hydrogen-bond acceptors (Lipinski definition) is 6. The van der Waals surface area contributed by atoms with Crippen LogP contribution in [-0.4, -0.2) is 41.9 Å². The Morgan fingerprint density at radius 1 is 1.25 bits per heavy atom. The molecule has 1 aromatic rings. The van der Waals surface area contributed by atoms with Gasteiger partial charge in [-0.15, -0.1) is 0 Å².